The van der Waals surface area contributed by atoms with Crippen LogP contribution in [0.5, 0.6) is 0 Å². The van der Waals surface area contributed by atoms with E-state index >= 15 is 0 Å². The molecule has 0 aliphatic carbocycles. The van der Waals surface area contributed by atoms with Crippen molar-refractivity contribution >= 4 is 23.2 Å². The molecule has 0 radical (unpaired) electrons. The Morgan fingerprint density at radius 3 is 2.53 bits per heavy atom. The van der Waals surface area contributed by atoms with Crippen LogP contribution >= 0.6 is 11.3 Å². The number of amides is 2. The molecule has 19 heavy (non-hydrogen) atoms. The van der Waals surface area contributed by atoms with Crippen molar-refractivity contribution in [2.45, 2.75) is 6.42 Å². The van der Waals surface area contributed by atoms with Gasteiger partial charge in [0.05, 0.1) is 5.56 Å². The normalized spacial score (nSPS) is 16.1. The number of rotatable bonds is 2. The monoisotopic (exact) mass is 282 g/mol. The van der Waals surface area contributed by atoms with Gasteiger partial charge in [0.15, 0.2) is 5.83 Å². The van der Waals surface area contributed by atoms with Crippen LogP contribution in [0.25, 0.3) is 0 Å². The molecule has 0 spiro atoms. The molecule has 1 fully saturated rings. The Kier molecular flexibility index (Phi) is 4.31. The third kappa shape index (κ3) is 3.20. The summed E-state index contributed by atoms with van der Waals surface area (Å²) in [5.41, 5.74) is 0.666. The van der Waals surface area contributed by atoms with E-state index in [1.807, 2.05) is 5.38 Å². The molecule has 0 unspecified atom stereocenters. The first-order chi connectivity index (χ1) is 9.09. The number of thiophene rings is 1. The fourth-order valence-corrected chi connectivity index (χ4v) is 2.69. The number of nitrogens with zero attached hydrogens (tertiary/aromatic N) is 2. The lowest BCUT2D eigenvalue weighted by Crippen LogP contribution is -2.37. The maximum atomic E-state index is 12.8. The second kappa shape index (κ2) is 5.97. The van der Waals surface area contributed by atoms with Gasteiger partial charge < -0.3 is 9.80 Å². The molecule has 1 aliphatic heterocycles. The largest absolute Gasteiger partial charge is 0.337 e. The number of halogens is 1. The molecule has 6 heteroatoms. The molecule has 0 saturated carbocycles. The lowest BCUT2D eigenvalue weighted by Gasteiger charge is -2.21. The summed E-state index contributed by atoms with van der Waals surface area (Å²) >= 11 is 1.47. The van der Waals surface area contributed by atoms with Gasteiger partial charge in [-0.2, -0.15) is 11.3 Å². The third-order valence-corrected chi connectivity index (χ3v) is 3.75. The van der Waals surface area contributed by atoms with Crippen molar-refractivity contribution in [2.75, 3.05) is 26.2 Å². The van der Waals surface area contributed by atoms with Gasteiger partial charge in [-0.15, -0.1) is 0 Å². The van der Waals surface area contributed by atoms with Crippen LogP contribution in [0, 0.1) is 0 Å². The average Bonchev–Trinajstić information content (AvgIpc) is 2.81. The van der Waals surface area contributed by atoms with Crippen molar-refractivity contribution in [2.24, 2.45) is 0 Å². The summed E-state index contributed by atoms with van der Waals surface area (Å²) in [6.07, 6.45) is 0.648. The number of hydrogen-bond acceptors (Lipinski definition) is 3. The fraction of sp³-hybridized carbons (Fsp3) is 0.385. The van der Waals surface area contributed by atoms with Gasteiger partial charge >= 0.3 is 0 Å². The minimum atomic E-state index is -0.947. The van der Waals surface area contributed by atoms with Gasteiger partial charge in [-0.25, -0.2) is 4.39 Å². The molecule has 102 valence electrons. The molecule has 4 nitrogen and oxygen atoms in total. The van der Waals surface area contributed by atoms with E-state index in [-0.39, 0.29) is 5.91 Å². The highest BCUT2D eigenvalue weighted by Gasteiger charge is 2.24. The Hall–Kier alpha value is -1.69. The van der Waals surface area contributed by atoms with E-state index in [4.69, 9.17) is 0 Å². The van der Waals surface area contributed by atoms with E-state index in [1.54, 1.807) is 16.3 Å². The van der Waals surface area contributed by atoms with Crippen molar-refractivity contribution in [3.8, 4) is 0 Å². The summed E-state index contributed by atoms with van der Waals surface area (Å²) in [4.78, 5) is 26.8. The molecule has 1 aliphatic rings. The van der Waals surface area contributed by atoms with E-state index in [2.05, 4.69) is 6.58 Å². The Morgan fingerprint density at radius 2 is 1.89 bits per heavy atom. The molecule has 1 aromatic heterocycles. The van der Waals surface area contributed by atoms with Crippen LogP contribution in [0.1, 0.15) is 16.8 Å². The molecule has 1 saturated heterocycles. The molecule has 0 N–H and O–H groups in total. The summed E-state index contributed by atoms with van der Waals surface area (Å²) in [5, 5.41) is 3.66. The fourth-order valence-electron chi connectivity index (χ4n) is 2.06. The molecular formula is C13H15FN2O2S. The Labute approximate surface area is 115 Å². The highest BCUT2D eigenvalue weighted by atomic mass is 32.1. The third-order valence-electron chi connectivity index (χ3n) is 3.07. The van der Waals surface area contributed by atoms with Crippen LogP contribution in [0.3, 0.4) is 0 Å². The van der Waals surface area contributed by atoms with Gasteiger partial charge in [-0.1, -0.05) is 6.58 Å². The summed E-state index contributed by atoms with van der Waals surface area (Å²) in [7, 11) is 0. The summed E-state index contributed by atoms with van der Waals surface area (Å²) in [6.45, 7) is 4.82. The van der Waals surface area contributed by atoms with E-state index in [1.165, 1.54) is 16.2 Å². The minimum Gasteiger partial charge on any atom is -0.337 e. The zero-order chi connectivity index (χ0) is 13.8. The van der Waals surface area contributed by atoms with E-state index in [9.17, 15) is 14.0 Å². The Balaban J connectivity index is 1.99. The molecule has 1 aromatic rings. The van der Waals surface area contributed by atoms with Crippen molar-refractivity contribution < 1.29 is 14.0 Å². The highest BCUT2D eigenvalue weighted by Crippen LogP contribution is 2.13. The molecule has 2 rings (SSSR count). The first-order valence-electron chi connectivity index (χ1n) is 6.04. The molecule has 0 bridgehead atoms. The SMILES string of the molecule is C=C(F)C(=O)N1CCCN(C(=O)c2ccsc2)CC1. The van der Waals surface area contributed by atoms with Crippen molar-refractivity contribution in [1.29, 1.82) is 0 Å². The Morgan fingerprint density at radius 1 is 1.21 bits per heavy atom. The van der Waals surface area contributed by atoms with Gasteiger partial charge in [-0.05, 0) is 17.9 Å². The summed E-state index contributed by atoms with van der Waals surface area (Å²) < 4.78 is 12.8. The van der Waals surface area contributed by atoms with Gasteiger partial charge in [-0.3, -0.25) is 9.59 Å². The minimum absolute atomic E-state index is 0.0328. The molecule has 0 atom stereocenters. The first kappa shape index (κ1) is 13.7. The maximum Gasteiger partial charge on any atom is 0.282 e. The average molecular weight is 282 g/mol. The first-order valence-corrected chi connectivity index (χ1v) is 6.99. The molecular weight excluding hydrogens is 267 g/mol. The van der Waals surface area contributed by atoms with Crippen LogP contribution in [0.15, 0.2) is 29.2 Å². The zero-order valence-electron chi connectivity index (χ0n) is 10.5. The Bertz CT molecular complexity index is 487. The maximum absolute atomic E-state index is 12.8. The predicted octanol–water partition coefficient (Wildman–Crippen LogP) is 1.91. The van der Waals surface area contributed by atoms with Crippen molar-refractivity contribution in [3.63, 3.8) is 0 Å². The molecule has 2 amide bonds. The highest BCUT2D eigenvalue weighted by molar-refractivity contribution is 7.08. The van der Waals surface area contributed by atoms with Crippen molar-refractivity contribution in [3.05, 3.63) is 34.8 Å². The molecule has 0 aromatic carbocycles. The van der Waals surface area contributed by atoms with Crippen LogP contribution in [0.4, 0.5) is 4.39 Å². The van der Waals surface area contributed by atoms with E-state index in [0.717, 1.165) is 0 Å². The predicted molar refractivity (Wildman–Crippen MR) is 71.7 cm³/mol. The van der Waals surface area contributed by atoms with E-state index in [0.29, 0.717) is 38.2 Å². The van der Waals surface area contributed by atoms with Gasteiger partial charge in [0, 0.05) is 31.6 Å². The van der Waals surface area contributed by atoms with Gasteiger partial charge in [0.1, 0.15) is 0 Å². The van der Waals surface area contributed by atoms with Gasteiger partial charge in [0.2, 0.25) is 0 Å². The van der Waals surface area contributed by atoms with Crippen molar-refractivity contribution in [1.82, 2.24) is 9.80 Å². The number of hydrogen-bond donors (Lipinski definition) is 0. The smallest absolute Gasteiger partial charge is 0.282 e. The summed E-state index contributed by atoms with van der Waals surface area (Å²) in [6, 6.07) is 1.78. The van der Waals surface area contributed by atoms with Gasteiger partial charge in [0.25, 0.3) is 11.8 Å². The van der Waals surface area contributed by atoms with Crippen LogP contribution in [-0.2, 0) is 4.79 Å². The molecule has 2 heterocycles. The van der Waals surface area contributed by atoms with Crippen LogP contribution in [-0.4, -0.2) is 47.8 Å². The lowest BCUT2D eigenvalue weighted by molar-refractivity contribution is -0.128. The number of carbonyl (C=O) groups is 2. The zero-order valence-corrected chi connectivity index (χ0v) is 11.3. The summed E-state index contributed by atoms with van der Waals surface area (Å²) in [5.74, 6) is -1.66. The lowest BCUT2D eigenvalue weighted by atomic mass is 10.3. The topological polar surface area (TPSA) is 40.6 Å². The van der Waals surface area contributed by atoms with Crippen LogP contribution < -0.4 is 0 Å². The standard InChI is InChI=1S/C13H15FN2O2S/c1-10(14)12(17)15-4-2-5-16(7-6-15)13(18)11-3-8-19-9-11/h3,8-9H,1-2,4-7H2. The van der Waals surface area contributed by atoms with Crippen LogP contribution in [0.2, 0.25) is 0 Å². The number of carbonyl (C=O) groups excluding carboxylic acids is 2. The second-order valence-corrected chi connectivity index (χ2v) is 5.13. The second-order valence-electron chi connectivity index (χ2n) is 4.35. The van der Waals surface area contributed by atoms with E-state index < -0.39 is 11.7 Å². The quantitative estimate of drug-likeness (QED) is 0.777.